The van der Waals surface area contributed by atoms with Crippen LogP contribution in [0.2, 0.25) is 5.02 Å². The molecule has 3 aromatic rings. The number of halogens is 1. The van der Waals surface area contributed by atoms with Crippen LogP contribution in [-0.4, -0.2) is 58.6 Å². The topological polar surface area (TPSA) is 94.9 Å². The van der Waals surface area contributed by atoms with Gasteiger partial charge in [0.2, 0.25) is 5.91 Å². The first-order valence-electron chi connectivity index (χ1n) is 12.1. The molecule has 1 aromatic carbocycles. The van der Waals surface area contributed by atoms with Crippen LogP contribution in [0.1, 0.15) is 43.8 Å². The van der Waals surface area contributed by atoms with Gasteiger partial charge in [0.05, 0.1) is 33.4 Å². The summed E-state index contributed by atoms with van der Waals surface area (Å²) in [5, 5.41) is 23.9. The molecule has 1 amide bonds. The van der Waals surface area contributed by atoms with Crippen molar-refractivity contribution in [2.75, 3.05) is 32.5 Å². The van der Waals surface area contributed by atoms with Gasteiger partial charge in [0.15, 0.2) is 0 Å². The SMILES string of the molecule is COc1ccc2ncc(Cl)c(C(O)CCC3(C(=O)NO)CCN(CCCSc4cccs4)CC3)c2c1. The maximum atomic E-state index is 12.8. The number of nitrogens with one attached hydrogen (secondary N) is 1. The number of carbonyl (C=O) groups is 1. The summed E-state index contributed by atoms with van der Waals surface area (Å²) in [6.07, 6.45) is 3.77. The first kappa shape index (κ1) is 27.2. The number of carbonyl (C=O) groups excluding carboxylic acids is 1. The first-order chi connectivity index (χ1) is 17.5. The Kier molecular flexibility index (Phi) is 9.49. The molecule has 36 heavy (non-hydrogen) atoms. The van der Waals surface area contributed by atoms with E-state index in [1.54, 1.807) is 24.6 Å². The van der Waals surface area contributed by atoms with Crippen LogP contribution in [0.4, 0.5) is 0 Å². The normalized spacial score (nSPS) is 16.7. The number of fused-ring (bicyclic) bond motifs is 1. The Hall–Kier alpha value is -1.88. The number of aromatic nitrogens is 1. The van der Waals surface area contributed by atoms with Gasteiger partial charge >= 0.3 is 0 Å². The van der Waals surface area contributed by atoms with Gasteiger partial charge < -0.3 is 14.7 Å². The van der Waals surface area contributed by atoms with Gasteiger partial charge in [-0.05, 0) is 81.4 Å². The molecule has 1 aliphatic rings. The van der Waals surface area contributed by atoms with E-state index in [0.29, 0.717) is 47.5 Å². The van der Waals surface area contributed by atoms with Crippen molar-refractivity contribution in [3.05, 3.63) is 52.5 Å². The molecule has 3 N–H and O–H groups in total. The minimum atomic E-state index is -0.884. The fourth-order valence-electron chi connectivity index (χ4n) is 4.91. The van der Waals surface area contributed by atoms with E-state index in [4.69, 9.17) is 16.3 Å². The van der Waals surface area contributed by atoms with Crippen molar-refractivity contribution in [3.8, 4) is 5.75 Å². The number of aliphatic hydroxyl groups excluding tert-OH is 1. The first-order valence-corrected chi connectivity index (χ1v) is 14.3. The summed E-state index contributed by atoms with van der Waals surface area (Å²) in [6, 6.07) is 9.68. The molecule has 1 atom stereocenters. The number of thiophene rings is 1. The van der Waals surface area contributed by atoms with Crippen LogP contribution in [-0.2, 0) is 4.79 Å². The molecule has 2 aromatic heterocycles. The zero-order chi connectivity index (χ0) is 25.5. The molecule has 7 nitrogen and oxygen atoms in total. The highest BCUT2D eigenvalue weighted by atomic mass is 35.5. The Morgan fingerprint density at radius 2 is 2.17 bits per heavy atom. The van der Waals surface area contributed by atoms with E-state index in [9.17, 15) is 15.1 Å². The van der Waals surface area contributed by atoms with Gasteiger partial charge in [-0.1, -0.05) is 17.7 Å². The third-order valence-corrected chi connectivity index (χ3v) is 9.57. The number of nitrogens with zero attached hydrogens (tertiary/aromatic N) is 2. The molecule has 0 saturated carbocycles. The van der Waals surface area contributed by atoms with Crippen LogP contribution in [0.25, 0.3) is 10.9 Å². The Balaban J connectivity index is 1.38. The highest BCUT2D eigenvalue weighted by Gasteiger charge is 2.41. The van der Waals surface area contributed by atoms with Gasteiger partial charge in [-0.25, -0.2) is 5.48 Å². The minimum absolute atomic E-state index is 0.334. The standard InChI is InChI=1S/C26H32ClN3O4S2/c1-34-18-5-6-21-19(16-18)24(20(27)17-28-21)22(31)7-8-26(25(32)29-33)9-12-30(13-10-26)11-3-15-36-23-4-2-14-35-23/h2,4-6,14,16-17,22,31,33H,3,7-13,15H2,1H3,(H,29,32). The molecule has 0 aliphatic carbocycles. The maximum Gasteiger partial charge on any atom is 0.249 e. The molecular weight excluding hydrogens is 518 g/mol. The van der Waals surface area contributed by atoms with Gasteiger partial charge in [-0.15, -0.1) is 23.1 Å². The molecule has 194 valence electrons. The van der Waals surface area contributed by atoms with Gasteiger partial charge in [-0.3, -0.25) is 15.0 Å². The number of ether oxygens (including phenoxy) is 1. The van der Waals surface area contributed by atoms with E-state index in [0.717, 1.165) is 37.2 Å². The lowest BCUT2D eigenvalue weighted by Crippen LogP contribution is -2.48. The molecular formula is C26H32ClN3O4S2. The fraction of sp³-hybridized carbons (Fsp3) is 0.462. The molecule has 3 heterocycles. The van der Waals surface area contributed by atoms with Crippen LogP contribution >= 0.6 is 34.7 Å². The van der Waals surface area contributed by atoms with Gasteiger partial charge in [-0.2, -0.15) is 0 Å². The summed E-state index contributed by atoms with van der Waals surface area (Å²) in [6.45, 7) is 2.55. The average molecular weight is 550 g/mol. The summed E-state index contributed by atoms with van der Waals surface area (Å²) < 4.78 is 6.68. The molecule has 0 bridgehead atoms. The number of hydrogen-bond donors (Lipinski definition) is 3. The lowest BCUT2D eigenvalue weighted by molar-refractivity contribution is -0.143. The Morgan fingerprint density at radius 1 is 1.36 bits per heavy atom. The number of rotatable bonds is 11. The molecule has 1 fully saturated rings. The number of hydroxylamine groups is 1. The highest BCUT2D eigenvalue weighted by Crippen LogP contribution is 2.41. The molecule has 1 saturated heterocycles. The highest BCUT2D eigenvalue weighted by molar-refractivity contribution is 8.01. The number of piperidine rings is 1. The smallest absolute Gasteiger partial charge is 0.249 e. The number of aliphatic hydroxyl groups is 1. The van der Waals surface area contributed by atoms with Crippen molar-refractivity contribution in [1.82, 2.24) is 15.4 Å². The number of likely N-dealkylation sites (tertiary alicyclic amines) is 1. The molecule has 0 spiro atoms. The van der Waals surface area contributed by atoms with E-state index in [1.165, 1.54) is 4.21 Å². The molecule has 4 rings (SSSR count). The summed E-state index contributed by atoms with van der Waals surface area (Å²) >= 11 is 10.1. The average Bonchev–Trinajstić information content (AvgIpc) is 3.43. The van der Waals surface area contributed by atoms with E-state index in [1.807, 2.05) is 35.4 Å². The Bertz CT molecular complexity index is 1150. The lowest BCUT2D eigenvalue weighted by atomic mass is 9.73. The Morgan fingerprint density at radius 3 is 2.86 bits per heavy atom. The number of benzene rings is 1. The van der Waals surface area contributed by atoms with Crippen LogP contribution in [0.5, 0.6) is 5.75 Å². The minimum Gasteiger partial charge on any atom is -0.497 e. The van der Waals surface area contributed by atoms with Crippen molar-refractivity contribution in [3.63, 3.8) is 0 Å². The molecule has 10 heteroatoms. The van der Waals surface area contributed by atoms with E-state index >= 15 is 0 Å². The van der Waals surface area contributed by atoms with Crippen molar-refractivity contribution in [1.29, 1.82) is 0 Å². The zero-order valence-corrected chi connectivity index (χ0v) is 22.7. The van der Waals surface area contributed by atoms with Gasteiger partial charge in [0, 0.05) is 22.9 Å². The lowest BCUT2D eigenvalue weighted by Gasteiger charge is -2.40. The summed E-state index contributed by atoms with van der Waals surface area (Å²) in [4.78, 5) is 19.5. The monoisotopic (exact) mass is 549 g/mol. The number of methoxy groups -OCH3 is 1. The van der Waals surface area contributed by atoms with Gasteiger partial charge in [0.1, 0.15) is 5.75 Å². The second-order valence-electron chi connectivity index (χ2n) is 9.15. The van der Waals surface area contributed by atoms with Crippen molar-refractivity contribution < 1.29 is 19.8 Å². The van der Waals surface area contributed by atoms with Crippen LogP contribution < -0.4 is 10.2 Å². The summed E-state index contributed by atoms with van der Waals surface area (Å²) in [7, 11) is 1.58. The van der Waals surface area contributed by atoms with Crippen molar-refractivity contribution in [2.24, 2.45) is 5.41 Å². The zero-order valence-electron chi connectivity index (χ0n) is 20.3. The van der Waals surface area contributed by atoms with Crippen LogP contribution in [0.15, 0.2) is 46.1 Å². The molecule has 0 radical (unpaired) electrons. The van der Waals surface area contributed by atoms with E-state index < -0.39 is 11.5 Å². The van der Waals surface area contributed by atoms with Crippen LogP contribution in [0.3, 0.4) is 0 Å². The quantitative estimate of drug-likeness (QED) is 0.125. The molecule has 1 unspecified atom stereocenters. The second kappa shape index (κ2) is 12.6. The second-order valence-corrected chi connectivity index (χ2v) is 11.9. The predicted molar refractivity (Wildman–Crippen MR) is 145 cm³/mol. The Labute approximate surface area is 224 Å². The van der Waals surface area contributed by atoms with Crippen LogP contribution in [0, 0.1) is 5.41 Å². The number of thioether (sulfide) groups is 1. The summed E-state index contributed by atoms with van der Waals surface area (Å²) in [5.74, 6) is 1.34. The van der Waals surface area contributed by atoms with Crippen molar-refractivity contribution >= 4 is 51.5 Å². The number of amides is 1. The number of pyridine rings is 1. The third kappa shape index (κ3) is 6.33. The fourth-order valence-corrected chi connectivity index (χ4v) is 6.97. The maximum absolute atomic E-state index is 12.8. The van der Waals surface area contributed by atoms with Crippen molar-refractivity contribution in [2.45, 2.75) is 42.4 Å². The third-order valence-electron chi connectivity index (χ3n) is 7.05. The van der Waals surface area contributed by atoms with E-state index in [-0.39, 0.29) is 5.91 Å². The van der Waals surface area contributed by atoms with Gasteiger partial charge in [0.25, 0.3) is 0 Å². The molecule has 1 aliphatic heterocycles. The predicted octanol–water partition coefficient (Wildman–Crippen LogP) is 5.54. The largest absolute Gasteiger partial charge is 0.497 e. The summed E-state index contributed by atoms with van der Waals surface area (Å²) in [5.41, 5.74) is 2.45. The van der Waals surface area contributed by atoms with E-state index in [2.05, 4.69) is 27.4 Å². The number of hydrogen-bond acceptors (Lipinski definition) is 8.